The van der Waals surface area contributed by atoms with Gasteiger partial charge in [0.1, 0.15) is 5.03 Å². The van der Waals surface area contributed by atoms with Gasteiger partial charge in [-0.1, -0.05) is 31.2 Å². The molecule has 15 heavy (non-hydrogen) atoms. The van der Waals surface area contributed by atoms with Gasteiger partial charge in [0, 0.05) is 0 Å². The number of hydrogen-bond acceptors (Lipinski definition) is 2. The van der Waals surface area contributed by atoms with E-state index in [0.717, 1.165) is 17.1 Å². The highest BCUT2D eigenvalue weighted by Crippen LogP contribution is 2.21. The summed E-state index contributed by atoms with van der Waals surface area (Å²) in [7, 11) is 0. The fourth-order valence-corrected chi connectivity index (χ4v) is 1.85. The van der Waals surface area contributed by atoms with Crippen LogP contribution >= 0.6 is 11.8 Å². The molecule has 1 N–H and O–H groups in total. The van der Waals surface area contributed by atoms with E-state index in [1.807, 2.05) is 6.26 Å². The van der Waals surface area contributed by atoms with E-state index in [2.05, 4.69) is 47.5 Å². The van der Waals surface area contributed by atoms with Crippen molar-refractivity contribution in [3.05, 3.63) is 35.9 Å². The number of benzene rings is 1. The topological polar surface area (TPSA) is 28.7 Å². The van der Waals surface area contributed by atoms with Crippen LogP contribution in [-0.2, 0) is 6.42 Å². The fourth-order valence-electron chi connectivity index (χ4n) is 1.48. The van der Waals surface area contributed by atoms with Crippen LogP contribution in [0, 0.1) is 0 Å². The van der Waals surface area contributed by atoms with Gasteiger partial charge in [0.05, 0.1) is 5.69 Å². The Morgan fingerprint density at radius 2 is 2.00 bits per heavy atom. The first-order valence-corrected chi connectivity index (χ1v) is 6.24. The molecule has 0 amide bonds. The second-order valence-electron chi connectivity index (χ2n) is 3.37. The first-order chi connectivity index (χ1) is 7.33. The monoisotopic (exact) mass is 218 g/mol. The van der Waals surface area contributed by atoms with Crippen molar-refractivity contribution in [2.24, 2.45) is 0 Å². The van der Waals surface area contributed by atoms with Crippen LogP contribution in [0.15, 0.2) is 35.4 Å². The van der Waals surface area contributed by atoms with Crippen molar-refractivity contribution in [2.45, 2.75) is 18.4 Å². The quantitative estimate of drug-likeness (QED) is 0.800. The Bertz CT molecular complexity index is 431. The molecule has 0 saturated carbocycles. The van der Waals surface area contributed by atoms with Gasteiger partial charge in [0.25, 0.3) is 0 Å². The van der Waals surface area contributed by atoms with E-state index >= 15 is 0 Å². The molecule has 2 nitrogen and oxygen atoms in total. The molecule has 78 valence electrons. The zero-order chi connectivity index (χ0) is 10.7. The molecule has 0 spiro atoms. The van der Waals surface area contributed by atoms with E-state index in [1.54, 1.807) is 11.8 Å². The zero-order valence-corrected chi connectivity index (χ0v) is 9.77. The van der Waals surface area contributed by atoms with Crippen LogP contribution in [0.3, 0.4) is 0 Å². The minimum Gasteiger partial charge on any atom is -0.277 e. The second kappa shape index (κ2) is 4.53. The molecule has 3 heteroatoms. The van der Waals surface area contributed by atoms with Gasteiger partial charge in [-0.05, 0) is 29.9 Å². The predicted molar refractivity (Wildman–Crippen MR) is 65.2 cm³/mol. The lowest BCUT2D eigenvalue weighted by Crippen LogP contribution is -1.81. The Hall–Kier alpha value is -1.22. The molecule has 0 aliphatic rings. The molecule has 0 atom stereocenters. The highest BCUT2D eigenvalue weighted by atomic mass is 32.2. The minimum atomic E-state index is 1.03. The Morgan fingerprint density at radius 1 is 1.27 bits per heavy atom. The Morgan fingerprint density at radius 3 is 2.53 bits per heavy atom. The smallest absolute Gasteiger partial charge is 0.118 e. The highest BCUT2D eigenvalue weighted by Gasteiger charge is 2.02. The first kappa shape index (κ1) is 10.3. The number of nitrogens with one attached hydrogen (secondary N) is 1. The number of aromatic nitrogens is 2. The van der Waals surface area contributed by atoms with Crippen LogP contribution < -0.4 is 0 Å². The highest BCUT2D eigenvalue weighted by molar-refractivity contribution is 7.98. The maximum atomic E-state index is 4.19. The fraction of sp³-hybridized carbons (Fsp3) is 0.250. The lowest BCUT2D eigenvalue weighted by atomic mass is 10.1. The van der Waals surface area contributed by atoms with Crippen LogP contribution in [0.25, 0.3) is 11.3 Å². The summed E-state index contributed by atoms with van der Waals surface area (Å²) in [6, 6.07) is 10.7. The summed E-state index contributed by atoms with van der Waals surface area (Å²) in [4.78, 5) is 0. The van der Waals surface area contributed by atoms with Crippen LogP contribution in [0.2, 0.25) is 0 Å². The Labute approximate surface area is 94.1 Å². The van der Waals surface area contributed by atoms with Crippen LogP contribution in [0.4, 0.5) is 0 Å². The van der Waals surface area contributed by atoms with Gasteiger partial charge in [0.15, 0.2) is 0 Å². The maximum absolute atomic E-state index is 4.19. The van der Waals surface area contributed by atoms with Crippen molar-refractivity contribution in [3.63, 3.8) is 0 Å². The first-order valence-electron chi connectivity index (χ1n) is 5.02. The van der Waals surface area contributed by atoms with E-state index in [9.17, 15) is 0 Å². The van der Waals surface area contributed by atoms with Gasteiger partial charge < -0.3 is 0 Å². The van der Waals surface area contributed by atoms with Gasteiger partial charge in [0.2, 0.25) is 0 Å². The van der Waals surface area contributed by atoms with Crippen molar-refractivity contribution in [3.8, 4) is 11.3 Å². The zero-order valence-electron chi connectivity index (χ0n) is 8.95. The molecule has 0 bridgehead atoms. The molecule has 0 saturated heterocycles. The summed E-state index contributed by atoms with van der Waals surface area (Å²) < 4.78 is 0. The van der Waals surface area contributed by atoms with Crippen LogP contribution in [0.1, 0.15) is 12.5 Å². The molecule has 1 heterocycles. The summed E-state index contributed by atoms with van der Waals surface area (Å²) >= 11 is 1.65. The van der Waals surface area contributed by atoms with Gasteiger partial charge in [-0.2, -0.15) is 5.10 Å². The number of aryl methyl sites for hydroxylation is 1. The summed E-state index contributed by atoms with van der Waals surface area (Å²) in [6.45, 7) is 2.16. The third-order valence-corrected chi connectivity index (χ3v) is 3.06. The van der Waals surface area contributed by atoms with E-state index in [0.29, 0.717) is 0 Å². The Balaban J connectivity index is 2.28. The molecule has 0 fully saturated rings. The van der Waals surface area contributed by atoms with E-state index in [4.69, 9.17) is 0 Å². The van der Waals surface area contributed by atoms with Crippen LogP contribution in [0.5, 0.6) is 0 Å². The average Bonchev–Trinajstić information content (AvgIpc) is 2.78. The number of thioether (sulfide) groups is 1. The molecule has 1 aromatic carbocycles. The summed E-state index contributed by atoms with van der Waals surface area (Å²) in [6.07, 6.45) is 3.11. The molecule has 2 aromatic rings. The molecule has 0 radical (unpaired) electrons. The molecular weight excluding hydrogens is 204 g/mol. The van der Waals surface area contributed by atoms with Crippen molar-refractivity contribution in [1.82, 2.24) is 10.2 Å². The third kappa shape index (κ3) is 2.23. The molecule has 0 unspecified atom stereocenters. The summed E-state index contributed by atoms with van der Waals surface area (Å²) in [5.74, 6) is 0. The lowest BCUT2D eigenvalue weighted by Gasteiger charge is -1.99. The molecule has 1 aromatic heterocycles. The SMILES string of the molecule is CCc1ccc(-c2cc(SC)n[nH]2)cc1. The normalized spacial score (nSPS) is 10.5. The molecule has 0 aliphatic heterocycles. The molecule has 0 aliphatic carbocycles. The van der Waals surface area contributed by atoms with Crippen molar-refractivity contribution in [2.75, 3.05) is 6.26 Å². The van der Waals surface area contributed by atoms with E-state index in [1.165, 1.54) is 11.1 Å². The number of aromatic amines is 1. The lowest BCUT2D eigenvalue weighted by molar-refractivity contribution is 1.01. The van der Waals surface area contributed by atoms with Gasteiger partial charge in [-0.25, -0.2) is 0 Å². The van der Waals surface area contributed by atoms with Crippen molar-refractivity contribution < 1.29 is 0 Å². The number of rotatable bonds is 3. The van der Waals surface area contributed by atoms with Gasteiger partial charge in [-0.15, -0.1) is 11.8 Å². The van der Waals surface area contributed by atoms with Crippen molar-refractivity contribution in [1.29, 1.82) is 0 Å². The number of nitrogens with zero attached hydrogens (tertiary/aromatic N) is 1. The molecular formula is C12H14N2S. The third-order valence-electron chi connectivity index (χ3n) is 2.44. The average molecular weight is 218 g/mol. The van der Waals surface area contributed by atoms with Gasteiger partial charge in [-0.3, -0.25) is 5.10 Å². The largest absolute Gasteiger partial charge is 0.277 e. The summed E-state index contributed by atoms with van der Waals surface area (Å²) in [5.41, 5.74) is 3.64. The van der Waals surface area contributed by atoms with Gasteiger partial charge >= 0.3 is 0 Å². The second-order valence-corrected chi connectivity index (χ2v) is 4.20. The number of H-pyrrole nitrogens is 1. The van der Waals surface area contributed by atoms with E-state index < -0.39 is 0 Å². The predicted octanol–water partition coefficient (Wildman–Crippen LogP) is 3.36. The standard InChI is InChI=1S/C12H14N2S/c1-3-9-4-6-10(7-5-9)11-8-12(15-2)14-13-11/h4-8H,3H2,1-2H3,(H,13,14). The number of hydrogen-bond donors (Lipinski definition) is 1. The van der Waals surface area contributed by atoms with E-state index in [-0.39, 0.29) is 0 Å². The maximum Gasteiger partial charge on any atom is 0.118 e. The Kier molecular flexibility index (Phi) is 3.11. The van der Waals surface area contributed by atoms with Crippen LogP contribution in [-0.4, -0.2) is 16.5 Å². The molecule has 2 rings (SSSR count). The van der Waals surface area contributed by atoms with Crippen molar-refractivity contribution >= 4 is 11.8 Å². The minimum absolute atomic E-state index is 1.03. The summed E-state index contributed by atoms with van der Waals surface area (Å²) in [5, 5.41) is 8.26.